The molecule has 14 heavy (non-hydrogen) atoms. The summed E-state index contributed by atoms with van der Waals surface area (Å²) < 4.78 is 5.05. The molecule has 1 aliphatic rings. The van der Waals surface area contributed by atoms with E-state index in [-0.39, 0.29) is 12.0 Å². The van der Waals surface area contributed by atoms with Gasteiger partial charge in [0.25, 0.3) is 0 Å². The molecule has 0 spiro atoms. The monoisotopic (exact) mass is 196 g/mol. The molecule has 0 radical (unpaired) electrons. The van der Waals surface area contributed by atoms with Crippen LogP contribution in [0.2, 0.25) is 0 Å². The van der Waals surface area contributed by atoms with Gasteiger partial charge in [-0.15, -0.1) is 0 Å². The molecule has 0 saturated heterocycles. The van der Waals surface area contributed by atoms with Gasteiger partial charge >= 0.3 is 0 Å². The van der Waals surface area contributed by atoms with Crippen molar-refractivity contribution in [3.05, 3.63) is 11.7 Å². The number of nitrogens with zero attached hydrogens (tertiary/aromatic N) is 2. The van der Waals surface area contributed by atoms with Gasteiger partial charge in [-0.2, -0.15) is 4.98 Å². The second kappa shape index (κ2) is 3.69. The van der Waals surface area contributed by atoms with Crippen molar-refractivity contribution in [3.8, 4) is 0 Å². The Morgan fingerprint density at radius 3 is 2.71 bits per heavy atom. The third kappa shape index (κ3) is 2.12. The first-order valence-electron chi connectivity index (χ1n) is 5.17. The number of hydrogen-bond donors (Lipinski definition) is 1. The summed E-state index contributed by atoms with van der Waals surface area (Å²) in [6, 6.07) is 0. The largest absolute Gasteiger partial charge is 0.392 e. The fourth-order valence-corrected chi connectivity index (χ4v) is 1.41. The molecule has 1 N–H and O–H groups in total. The molecule has 1 atom stereocenters. The van der Waals surface area contributed by atoms with Crippen molar-refractivity contribution in [1.29, 1.82) is 0 Å². The van der Waals surface area contributed by atoms with Crippen LogP contribution >= 0.6 is 0 Å². The molecule has 2 rings (SSSR count). The van der Waals surface area contributed by atoms with E-state index < -0.39 is 0 Å². The van der Waals surface area contributed by atoms with Crippen LogP contribution in [0.1, 0.15) is 44.3 Å². The molecule has 1 saturated carbocycles. The third-order valence-corrected chi connectivity index (χ3v) is 2.55. The van der Waals surface area contributed by atoms with Crippen molar-refractivity contribution < 1.29 is 9.63 Å². The highest BCUT2D eigenvalue weighted by Crippen LogP contribution is 2.33. The summed E-state index contributed by atoms with van der Waals surface area (Å²) in [5, 5.41) is 13.5. The van der Waals surface area contributed by atoms with E-state index in [1.54, 1.807) is 0 Å². The normalized spacial score (nSPS) is 18.9. The first kappa shape index (κ1) is 9.65. The molecule has 1 aromatic heterocycles. The van der Waals surface area contributed by atoms with E-state index in [2.05, 4.69) is 10.1 Å². The SMILES string of the molecule is CC(C)c1noc(CC(O)C2CC2)n1. The molecular weight excluding hydrogens is 180 g/mol. The smallest absolute Gasteiger partial charge is 0.229 e. The zero-order valence-corrected chi connectivity index (χ0v) is 8.60. The zero-order chi connectivity index (χ0) is 10.1. The average molecular weight is 196 g/mol. The summed E-state index contributed by atoms with van der Waals surface area (Å²) >= 11 is 0. The van der Waals surface area contributed by atoms with Crippen LogP contribution in [0.25, 0.3) is 0 Å². The molecule has 4 heteroatoms. The minimum absolute atomic E-state index is 0.283. The van der Waals surface area contributed by atoms with Crippen molar-refractivity contribution in [2.75, 3.05) is 0 Å². The maximum atomic E-state index is 9.66. The number of hydrogen-bond acceptors (Lipinski definition) is 4. The lowest BCUT2D eigenvalue weighted by atomic mass is 10.1. The minimum atomic E-state index is -0.296. The second-order valence-electron chi connectivity index (χ2n) is 4.31. The Labute approximate surface area is 83.3 Å². The summed E-state index contributed by atoms with van der Waals surface area (Å²) in [6.07, 6.45) is 2.47. The van der Waals surface area contributed by atoms with Crippen molar-refractivity contribution in [3.63, 3.8) is 0 Å². The first-order valence-corrected chi connectivity index (χ1v) is 5.17. The van der Waals surface area contributed by atoms with Crippen molar-refractivity contribution in [1.82, 2.24) is 10.1 Å². The average Bonchev–Trinajstić information content (AvgIpc) is 2.87. The second-order valence-corrected chi connectivity index (χ2v) is 4.31. The highest BCUT2D eigenvalue weighted by molar-refractivity contribution is 4.94. The van der Waals surface area contributed by atoms with Gasteiger partial charge < -0.3 is 9.63 Å². The van der Waals surface area contributed by atoms with Crippen LogP contribution < -0.4 is 0 Å². The van der Waals surface area contributed by atoms with Gasteiger partial charge in [-0.05, 0) is 18.8 Å². The standard InChI is InChI=1S/C10H16N2O2/c1-6(2)10-11-9(14-12-10)5-8(13)7-3-4-7/h6-8,13H,3-5H2,1-2H3. The number of rotatable bonds is 4. The third-order valence-electron chi connectivity index (χ3n) is 2.55. The van der Waals surface area contributed by atoms with Gasteiger partial charge in [0.2, 0.25) is 5.89 Å². The molecule has 1 heterocycles. The lowest BCUT2D eigenvalue weighted by molar-refractivity contribution is 0.140. The van der Waals surface area contributed by atoms with Crippen molar-refractivity contribution in [2.24, 2.45) is 5.92 Å². The summed E-state index contributed by atoms with van der Waals surface area (Å²) in [5.41, 5.74) is 0. The van der Waals surface area contributed by atoms with Gasteiger partial charge in [0.1, 0.15) is 0 Å². The predicted molar refractivity (Wildman–Crippen MR) is 50.8 cm³/mol. The van der Waals surface area contributed by atoms with E-state index >= 15 is 0 Å². The van der Waals surface area contributed by atoms with Crippen LogP contribution in [0.3, 0.4) is 0 Å². The van der Waals surface area contributed by atoms with Gasteiger partial charge in [-0.1, -0.05) is 19.0 Å². The van der Waals surface area contributed by atoms with E-state index in [1.807, 2.05) is 13.8 Å². The maximum Gasteiger partial charge on any atom is 0.229 e. The van der Waals surface area contributed by atoms with Gasteiger partial charge in [0.05, 0.1) is 12.5 Å². The molecule has 0 aromatic carbocycles. The molecule has 4 nitrogen and oxygen atoms in total. The quantitative estimate of drug-likeness (QED) is 0.793. The number of aliphatic hydroxyl groups is 1. The van der Waals surface area contributed by atoms with Crippen molar-refractivity contribution in [2.45, 2.75) is 45.1 Å². The van der Waals surface area contributed by atoms with E-state index in [4.69, 9.17) is 4.52 Å². The Bertz CT molecular complexity index is 305. The lowest BCUT2D eigenvalue weighted by Crippen LogP contribution is -2.12. The minimum Gasteiger partial charge on any atom is -0.392 e. The zero-order valence-electron chi connectivity index (χ0n) is 8.60. The Morgan fingerprint density at radius 2 is 2.21 bits per heavy atom. The molecule has 0 bridgehead atoms. The van der Waals surface area contributed by atoms with Crippen LogP contribution in [-0.2, 0) is 6.42 Å². The van der Waals surface area contributed by atoms with Crippen LogP contribution in [0.15, 0.2) is 4.52 Å². The highest BCUT2D eigenvalue weighted by Gasteiger charge is 2.31. The highest BCUT2D eigenvalue weighted by atomic mass is 16.5. The van der Waals surface area contributed by atoms with Gasteiger partial charge in [0.15, 0.2) is 5.82 Å². The topological polar surface area (TPSA) is 59.2 Å². The fourth-order valence-electron chi connectivity index (χ4n) is 1.41. The molecule has 1 aliphatic carbocycles. The molecule has 1 unspecified atom stereocenters. The Hall–Kier alpha value is -0.900. The fraction of sp³-hybridized carbons (Fsp3) is 0.800. The van der Waals surface area contributed by atoms with Crippen LogP contribution in [0.5, 0.6) is 0 Å². The molecule has 0 amide bonds. The molecule has 1 fully saturated rings. The summed E-state index contributed by atoms with van der Waals surface area (Å²) in [4.78, 5) is 4.22. The van der Waals surface area contributed by atoms with E-state index in [0.29, 0.717) is 18.2 Å². The van der Waals surface area contributed by atoms with Gasteiger partial charge in [-0.3, -0.25) is 0 Å². The lowest BCUT2D eigenvalue weighted by Gasteiger charge is -2.03. The molecule has 1 aromatic rings. The Kier molecular flexibility index (Phi) is 2.54. The van der Waals surface area contributed by atoms with E-state index in [0.717, 1.165) is 18.7 Å². The number of aliphatic hydroxyl groups excluding tert-OH is 1. The van der Waals surface area contributed by atoms with Crippen LogP contribution in [0, 0.1) is 5.92 Å². The Morgan fingerprint density at radius 1 is 1.50 bits per heavy atom. The molecule has 78 valence electrons. The maximum absolute atomic E-state index is 9.66. The summed E-state index contributed by atoms with van der Waals surface area (Å²) in [5.74, 6) is 2.03. The molecule has 0 aliphatic heterocycles. The number of aromatic nitrogens is 2. The predicted octanol–water partition coefficient (Wildman–Crippen LogP) is 1.51. The van der Waals surface area contributed by atoms with Gasteiger partial charge in [-0.25, -0.2) is 0 Å². The van der Waals surface area contributed by atoms with Crippen LogP contribution in [-0.4, -0.2) is 21.4 Å². The first-order chi connectivity index (χ1) is 6.66. The van der Waals surface area contributed by atoms with Gasteiger partial charge in [0, 0.05) is 5.92 Å². The molecular formula is C10H16N2O2. The van der Waals surface area contributed by atoms with Crippen LogP contribution in [0.4, 0.5) is 0 Å². The van der Waals surface area contributed by atoms with Crippen molar-refractivity contribution >= 4 is 0 Å². The Balaban J connectivity index is 1.95. The van der Waals surface area contributed by atoms with E-state index in [1.165, 1.54) is 0 Å². The summed E-state index contributed by atoms with van der Waals surface area (Å²) in [7, 11) is 0. The van der Waals surface area contributed by atoms with E-state index in [9.17, 15) is 5.11 Å². The summed E-state index contributed by atoms with van der Waals surface area (Å²) in [6.45, 7) is 4.04.